The largest absolute Gasteiger partial charge is 0.325 e. The number of nitrogens with one attached hydrogen (secondary N) is 1. The molecule has 3 rings (SSSR count). The number of carbonyl (C=O) groups is 1. The Balaban J connectivity index is 1.75. The summed E-state index contributed by atoms with van der Waals surface area (Å²) in [6, 6.07) is 8.44. The molecule has 0 radical (unpaired) electrons. The Morgan fingerprint density at radius 1 is 1.32 bits per heavy atom. The summed E-state index contributed by atoms with van der Waals surface area (Å²) < 4.78 is 14.7. The molecule has 1 N–H and O–H groups in total. The zero-order chi connectivity index (χ0) is 20.4. The van der Waals surface area contributed by atoms with E-state index < -0.39 is 22.3 Å². The van der Waals surface area contributed by atoms with E-state index in [-0.39, 0.29) is 17.0 Å². The van der Waals surface area contributed by atoms with Crippen LogP contribution in [0.4, 0.5) is 15.8 Å². The molecule has 1 aromatic heterocycles. The highest BCUT2D eigenvalue weighted by Crippen LogP contribution is 2.22. The molecule has 0 aliphatic rings. The predicted molar refractivity (Wildman–Crippen MR) is 104 cm³/mol. The molecular weight excluding hydrogens is 387 g/mol. The topological polar surface area (TPSA) is 107 Å². The van der Waals surface area contributed by atoms with Crippen LogP contribution in [-0.2, 0) is 11.8 Å². The van der Waals surface area contributed by atoms with Gasteiger partial charge in [-0.25, -0.2) is 4.98 Å². The second kappa shape index (κ2) is 7.77. The first kappa shape index (κ1) is 19.5. The van der Waals surface area contributed by atoms with Gasteiger partial charge in [0.15, 0.2) is 5.16 Å². The lowest BCUT2D eigenvalue weighted by molar-refractivity contribution is -0.387. The molecule has 0 saturated heterocycles. The third kappa shape index (κ3) is 4.01. The minimum absolute atomic E-state index is 0.0805. The van der Waals surface area contributed by atoms with E-state index in [1.165, 1.54) is 10.6 Å². The Morgan fingerprint density at radius 2 is 2.07 bits per heavy atom. The fraction of sp³-hybridized carbons (Fsp3) is 0.167. The van der Waals surface area contributed by atoms with Crippen molar-refractivity contribution in [3.63, 3.8) is 0 Å². The molecule has 0 bridgehead atoms. The number of aryl methyl sites for hydroxylation is 1. The number of nitrogens with zero attached hydrogens (tertiary/aromatic N) is 3. The van der Waals surface area contributed by atoms with Gasteiger partial charge >= 0.3 is 5.69 Å². The molecule has 0 atom stereocenters. The number of amides is 1. The summed E-state index contributed by atoms with van der Waals surface area (Å²) in [7, 11) is 1.57. The molecule has 28 heavy (non-hydrogen) atoms. The van der Waals surface area contributed by atoms with E-state index in [0.29, 0.717) is 16.1 Å². The number of anilines is 1. The summed E-state index contributed by atoms with van der Waals surface area (Å²) in [5.74, 6) is -1.53. The molecular formula is C18H15FN4O4S. The monoisotopic (exact) mass is 402 g/mol. The zero-order valence-corrected chi connectivity index (χ0v) is 15.7. The van der Waals surface area contributed by atoms with Crippen LogP contribution in [-0.4, -0.2) is 26.1 Å². The third-order valence-corrected chi connectivity index (χ3v) is 4.98. The van der Waals surface area contributed by atoms with Crippen LogP contribution >= 0.6 is 11.8 Å². The lowest BCUT2D eigenvalue weighted by atomic mass is 10.2. The summed E-state index contributed by atoms with van der Waals surface area (Å²) in [6.07, 6.45) is 0. The maximum Gasteiger partial charge on any atom is 0.306 e. The van der Waals surface area contributed by atoms with E-state index in [4.69, 9.17) is 0 Å². The van der Waals surface area contributed by atoms with Crippen LogP contribution in [0.1, 0.15) is 5.56 Å². The standard InChI is InChI=1S/C18H15FN4O4S/c1-10-3-6-14-12(7-10)17(25)22(2)18(21-14)28-9-16(24)20-11-4-5-13(19)15(8-11)23(26)27/h3-8H,9H2,1-2H3,(H,20,24). The number of fused-ring (bicyclic) bond motifs is 1. The van der Waals surface area contributed by atoms with Crippen molar-refractivity contribution in [1.29, 1.82) is 0 Å². The van der Waals surface area contributed by atoms with Crippen molar-refractivity contribution in [2.45, 2.75) is 12.1 Å². The number of nitro benzene ring substituents is 1. The zero-order valence-electron chi connectivity index (χ0n) is 14.9. The van der Waals surface area contributed by atoms with E-state index in [0.717, 1.165) is 29.5 Å². The first-order valence-electron chi connectivity index (χ1n) is 8.10. The molecule has 0 fully saturated rings. The number of rotatable bonds is 5. The highest BCUT2D eigenvalue weighted by molar-refractivity contribution is 7.99. The number of hydrogen-bond donors (Lipinski definition) is 1. The number of nitro groups is 1. The van der Waals surface area contributed by atoms with Crippen molar-refractivity contribution >= 4 is 39.9 Å². The van der Waals surface area contributed by atoms with Crippen molar-refractivity contribution in [2.75, 3.05) is 11.1 Å². The van der Waals surface area contributed by atoms with Gasteiger partial charge in [-0.15, -0.1) is 0 Å². The number of hydrogen-bond acceptors (Lipinski definition) is 6. The van der Waals surface area contributed by atoms with Crippen LogP contribution in [0.2, 0.25) is 0 Å². The first-order chi connectivity index (χ1) is 13.3. The number of halogens is 1. The van der Waals surface area contributed by atoms with Gasteiger partial charge in [0.25, 0.3) is 5.56 Å². The van der Waals surface area contributed by atoms with E-state index in [1.807, 2.05) is 13.0 Å². The van der Waals surface area contributed by atoms with Crippen LogP contribution in [0.15, 0.2) is 46.3 Å². The molecule has 1 heterocycles. The van der Waals surface area contributed by atoms with Gasteiger partial charge in [0.1, 0.15) is 0 Å². The minimum atomic E-state index is -0.983. The third-order valence-electron chi connectivity index (χ3n) is 3.95. The highest BCUT2D eigenvalue weighted by atomic mass is 32.2. The quantitative estimate of drug-likeness (QED) is 0.304. The van der Waals surface area contributed by atoms with E-state index in [2.05, 4.69) is 10.3 Å². The van der Waals surface area contributed by atoms with Crippen molar-refractivity contribution in [1.82, 2.24) is 9.55 Å². The molecule has 0 saturated carbocycles. The molecule has 0 unspecified atom stereocenters. The second-order valence-electron chi connectivity index (χ2n) is 6.04. The summed E-state index contributed by atoms with van der Waals surface area (Å²) in [5.41, 5.74) is 0.644. The van der Waals surface area contributed by atoms with Gasteiger partial charge in [-0.05, 0) is 31.2 Å². The molecule has 3 aromatic rings. The summed E-state index contributed by atoms with van der Waals surface area (Å²) in [4.78, 5) is 38.9. The Morgan fingerprint density at radius 3 is 2.79 bits per heavy atom. The fourth-order valence-corrected chi connectivity index (χ4v) is 3.32. The van der Waals surface area contributed by atoms with Crippen molar-refractivity contribution < 1.29 is 14.1 Å². The van der Waals surface area contributed by atoms with Crippen molar-refractivity contribution in [2.24, 2.45) is 7.05 Å². The Bertz CT molecular complexity index is 1160. The van der Waals surface area contributed by atoms with Crippen LogP contribution in [0.5, 0.6) is 0 Å². The molecule has 0 spiro atoms. The Labute approximate surface area is 162 Å². The molecule has 1 amide bonds. The normalized spacial score (nSPS) is 10.8. The number of carbonyl (C=O) groups excluding carboxylic acids is 1. The van der Waals surface area contributed by atoms with Gasteiger partial charge in [0.2, 0.25) is 11.7 Å². The van der Waals surface area contributed by atoms with Gasteiger partial charge in [0, 0.05) is 18.8 Å². The van der Waals surface area contributed by atoms with Gasteiger partial charge in [-0.2, -0.15) is 4.39 Å². The molecule has 0 aliphatic carbocycles. The molecule has 144 valence electrons. The summed E-state index contributed by atoms with van der Waals surface area (Å²) >= 11 is 1.05. The van der Waals surface area contributed by atoms with Crippen LogP contribution < -0.4 is 10.9 Å². The van der Waals surface area contributed by atoms with Gasteiger partial charge in [-0.3, -0.25) is 24.3 Å². The lowest BCUT2D eigenvalue weighted by Gasteiger charge is -2.09. The fourth-order valence-electron chi connectivity index (χ4n) is 2.55. The van der Waals surface area contributed by atoms with Crippen LogP contribution in [0.3, 0.4) is 0 Å². The maximum atomic E-state index is 13.4. The maximum absolute atomic E-state index is 13.4. The highest BCUT2D eigenvalue weighted by Gasteiger charge is 2.16. The SMILES string of the molecule is Cc1ccc2nc(SCC(=O)Nc3ccc(F)c([N+](=O)[O-])c3)n(C)c(=O)c2c1. The van der Waals surface area contributed by atoms with Gasteiger partial charge in [0.05, 0.1) is 21.6 Å². The molecule has 2 aromatic carbocycles. The first-order valence-corrected chi connectivity index (χ1v) is 9.09. The number of benzene rings is 2. The van der Waals surface area contributed by atoms with Crippen molar-refractivity contribution in [3.05, 3.63) is 68.2 Å². The van der Waals surface area contributed by atoms with Crippen LogP contribution in [0.25, 0.3) is 10.9 Å². The number of thioether (sulfide) groups is 1. The Kier molecular flexibility index (Phi) is 5.41. The second-order valence-corrected chi connectivity index (χ2v) is 6.98. The van der Waals surface area contributed by atoms with Crippen LogP contribution in [0, 0.1) is 22.9 Å². The van der Waals surface area contributed by atoms with E-state index in [1.54, 1.807) is 19.2 Å². The van der Waals surface area contributed by atoms with E-state index >= 15 is 0 Å². The molecule has 8 nitrogen and oxygen atoms in total. The van der Waals surface area contributed by atoms with Gasteiger partial charge in [-0.1, -0.05) is 23.4 Å². The smallest absolute Gasteiger partial charge is 0.306 e. The van der Waals surface area contributed by atoms with E-state index in [9.17, 15) is 24.1 Å². The average Bonchev–Trinajstić information content (AvgIpc) is 2.65. The molecule has 10 heteroatoms. The summed E-state index contributed by atoms with van der Waals surface area (Å²) in [6.45, 7) is 1.88. The summed E-state index contributed by atoms with van der Waals surface area (Å²) in [5, 5.41) is 14.1. The number of aromatic nitrogens is 2. The van der Waals surface area contributed by atoms with Gasteiger partial charge < -0.3 is 5.32 Å². The minimum Gasteiger partial charge on any atom is -0.325 e. The average molecular weight is 402 g/mol. The Hall–Kier alpha value is -3.27. The lowest BCUT2D eigenvalue weighted by Crippen LogP contribution is -2.21. The predicted octanol–water partition coefficient (Wildman–Crippen LogP) is 3.02. The van der Waals surface area contributed by atoms with Crippen molar-refractivity contribution in [3.8, 4) is 0 Å². The molecule has 0 aliphatic heterocycles.